The van der Waals surface area contributed by atoms with Gasteiger partial charge in [0.1, 0.15) is 5.82 Å². The van der Waals surface area contributed by atoms with Crippen molar-refractivity contribution in [3.05, 3.63) is 29.8 Å². The van der Waals surface area contributed by atoms with Gasteiger partial charge in [0.15, 0.2) is 0 Å². The van der Waals surface area contributed by atoms with E-state index in [1.165, 1.54) is 6.07 Å². The Labute approximate surface area is 83.3 Å². The molecule has 1 aromatic heterocycles. The van der Waals surface area contributed by atoms with Crippen LogP contribution >= 0.6 is 0 Å². The lowest BCUT2D eigenvalue weighted by Gasteiger charge is -2.18. The van der Waals surface area contributed by atoms with Crippen LogP contribution in [-0.4, -0.2) is 11.5 Å². The number of halogens is 1. The van der Waals surface area contributed by atoms with Crippen LogP contribution < -0.4 is 5.73 Å². The molecule has 0 aromatic carbocycles. The van der Waals surface area contributed by atoms with E-state index in [4.69, 9.17) is 5.73 Å². The summed E-state index contributed by atoms with van der Waals surface area (Å²) >= 11 is 0. The highest BCUT2D eigenvalue weighted by atomic mass is 19.1. The molecule has 3 heteroatoms. The minimum atomic E-state index is -0.238. The first-order valence-corrected chi connectivity index (χ1v) is 4.85. The van der Waals surface area contributed by atoms with Crippen molar-refractivity contribution in [1.29, 1.82) is 0 Å². The molecule has 2 nitrogen and oxygen atoms in total. The Hall–Kier alpha value is -0.960. The molecule has 1 fully saturated rings. The third-order valence-corrected chi connectivity index (χ3v) is 3.47. The fourth-order valence-electron chi connectivity index (χ4n) is 2.30. The summed E-state index contributed by atoms with van der Waals surface area (Å²) in [5, 5.41) is 0. The van der Waals surface area contributed by atoms with Crippen LogP contribution in [0, 0.1) is 11.2 Å². The molecule has 2 rings (SSSR count). The fourth-order valence-corrected chi connectivity index (χ4v) is 2.30. The monoisotopic (exact) mass is 194 g/mol. The first-order chi connectivity index (χ1) is 6.53. The predicted molar refractivity (Wildman–Crippen MR) is 53.3 cm³/mol. The second kappa shape index (κ2) is 2.76. The Bertz CT molecular complexity index is 362. The molecule has 0 radical (unpaired) electrons. The van der Waals surface area contributed by atoms with Crippen LogP contribution in [0.4, 0.5) is 4.39 Å². The quantitative estimate of drug-likeness (QED) is 0.780. The van der Waals surface area contributed by atoms with E-state index < -0.39 is 0 Å². The lowest BCUT2D eigenvalue weighted by Crippen LogP contribution is -2.27. The maximum atomic E-state index is 13.5. The minimum absolute atomic E-state index is 0.0803. The van der Waals surface area contributed by atoms with Crippen LogP contribution in [-0.2, 0) is 5.41 Å². The topological polar surface area (TPSA) is 38.9 Å². The van der Waals surface area contributed by atoms with Crippen molar-refractivity contribution in [3.63, 3.8) is 0 Å². The SMILES string of the molecule is CC1(C)CC1(CN)c1ncccc1F. The van der Waals surface area contributed by atoms with E-state index in [1.807, 2.05) is 0 Å². The summed E-state index contributed by atoms with van der Waals surface area (Å²) in [6.45, 7) is 4.68. The second-order valence-corrected chi connectivity index (χ2v) is 4.68. The van der Waals surface area contributed by atoms with Crippen molar-refractivity contribution in [2.45, 2.75) is 25.7 Å². The molecular formula is C11H15FN2. The first-order valence-electron chi connectivity index (χ1n) is 4.85. The predicted octanol–water partition coefficient (Wildman–Crippen LogP) is 1.85. The molecule has 0 amide bonds. The Morgan fingerprint density at radius 3 is 2.64 bits per heavy atom. The van der Waals surface area contributed by atoms with E-state index in [1.54, 1.807) is 12.3 Å². The lowest BCUT2D eigenvalue weighted by atomic mass is 9.91. The molecule has 76 valence electrons. The standard InChI is InChI=1S/C11H15FN2/c1-10(2)6-11(10,7-13)9-8(12)4-3-5-14-9/h3-5H,6-7,13H2,1-2H3. The van der Waals surface area contributed by atoms with E-state index in [2.05, 4.69) is 18.8 Å². The number of hydrogen-bond donors (Lipinski definition) is 1. The average Bonchev–Trinajstić information content (AvgIpc) is 2.70. The van der Waals surface area contributed by atoms with E-state index in [0.29, 0.717) is 12.2 Å². The van der Waals surface area contributed by atoms with Gasteiger partial charge in [-0.05, 0) is 24.0 Å². The smallest absolute Gasteiger partial charge is 0.145 e. The molecule has 1 aromatic rings. The Morgan fingerprint density at radius 1 is 1.57 bits per heavy atom. The number of rotatable bonds is 2. The number of nitrogens with two attached hydrogens (primary N) is 1. The summed E-state index contributed by atoms with van der Waals surface area (Å²) in [7, 11) is 0. The molecule has 1 saturated carbocycles. The summed E-state index contributed by atoms with van der Waals surface area (Å²) in [4.78, 5) is 4.12. The minimum Gasteiger partial charge on any atom is -0.330 e. The van der Waals surface area contributed by atoms with Crippen molar-refractivity contribution in [1.82, 2.24) is 4.98 Å². The molecule has 2 N–H and O–H groups in total. The third-order valence-electron chi connectivity index (χ3n) is 3.47. The molecule has 14 heavy (non-hydrogen) atoms. The number of aromatic nitrogens is 1. The van der Waals surface area contributed by atoms with Gasteiger partial charge in [-0.2, -0.15) is 0 Å². The largest absolute Gasteiger partial charge is 0.330 e. The molecule has 1 unspecified atom stereocenters. The lowest BCUT2D eigenvalue weighted by molar-refractivity contribution is 0.464. The van der Waals surface area contributed by atoms with Gasteiger partial charge in [-0.25, -0.2) is 4.39 Å². The van der Waals surface area contributed by atoms with Crippen molar-refractivity contribution in [3.8, 4) is 0 Å². The molecule has 1 heterocycles. The molecule has 1 aliphatic carbocycles. The number of nitrogens with zero attached hydrogens (tertiary/aromatic N) is 1. The van der Waals surface area contributed by atoms with Crippen LogP contribution in [0.1, 0.15) is 26.0 Å². The van der Waals surface area contributed by atoms with Crippen LogP contribution in [0.2, 0.25) is 0 Å². The molecule has 0 spiro atoms. The maximum Gasteiger partial charge on any atom is 0.145 e. The van der Waals surface area contributed by atoms with Crippen LogP contribution in [0.25, 0.3) is 0 Å². The van der Waals surface area contributed by atoms with Gasteiger partial charge in [0.05, 0.1) is 5.69 Å². The zero-order chi connectivity index (χ0) is 10.4. The van der Waals surface area contributed by atoms with Gasteiger partial charge in [-0.3, -0.25) is 4.98 Å². The zero-order valence-electron chi connectivity index (χ0n) is 8.55. The highest BCUT2D eigenvalue weighted by Gasteiger charge is 2.63. The Morgan fingerprint density at radius 2 is 2.21 bits per heavy atom. The second-order valence-electron chi connectivity index (χ2n) is 4.68. The van der Waals surface area contributed by atoms with Crippen molar-refractivity contribution in [2.24, 2.45) is 11.1 Å². The van der Waals surface area contributed by atoms with E-state index >= 15 is 0 Å². The first kappa shape index (κ1) is 9.59. The summed E-state index contributed by atoms with van der Waals surface area (Å²) in [5.41, 5.74) is 6.12. The number of pyridine rings is 1. The molecule has 0 saturated heterocycles. The Kier molecular flexibility index (Phi) is 1.89. The van der Waals surface area contributed by atoms with Gasteiger partial charge in [0, 0.05) is 18.2 Å². The van der Waals surface area contributed by atoms with Gasteiger partial charge in [-0.15, -0.1) is 0 Å². The van der Waals surface area contributed by atoms with Crippen molar-refractivity contribution >= 4 is 0 Å². The van der Waals surface area contributed by atoms with Gasteiger partial charge in [0.25, 0.3) is 0 Å². The molecule has 0 aliphatic heterocycles. The van der Waals surface area contributed by atoms with Crippen LogP contribution in [0.15, 0.2) is 18.3 Å². The Balaban J connectivity index is 2.46. The maximum absolute atomic E-state index is 13.5. The normalized spacial score (nSPS) is 28.9. The molecular weight excluding hydrogens is 179 g/mol. The van der Waals surface area contributed by atoms with Gasteiger partial charge in [0.2, 0.25) is 0 Å². The van der Waals surface area contributed by atoms with E-state index in [-0.39, 0.29) is 16.6 Å². The van der Waals surface area contributed by atoms with Gasteiger partial charge >= 0.3 is 0 Å². The summed E-state index contributed by atoms with van der Waals surface area (Å²) in [6.07, 6.45) is 2.55. The highest BCUT2D eigenvalue weighted by Crippen LogP contribution is 2.63. The summed E-state index contributed by atoms with van der Waals surface area (Å²) in [5.74, 6) is -0.233. The average molecular weight is 194 g/mol. The van der Waals surface area contributed by atoms with Crippen molar-refractivity contribution < 1.29 is 4.39 Å². The summed E-state index contributed by atoms with van der Waals surface area (Å²) < 4.78 is 13.5. The molecule has 1 aliphatic rings. The van der Waals surface area contributed by atoms with Gasteiger partial charge < -0.3 is 5.73 Å². The number of hydrogen-bond acceptors (Lipinski definition) is 2. The van der Waals surface area contributed by atoms with Crippen molar-refractivity contribution in [2.75, 3.05) is 6.54 Å². The third kappa shape index (κ3) is 1.08. The fraction of sp³-hybridized carbons (Fsp3) is 0.545. The van der Waals surface area contributed by atoms with E-state index in [0.717, 1.165) is 6.42 Å². The summed E-state index contributed by atoms with van der Waals surface area (Å²) in [6, 6.07) is 3.06. The zero-order valence-corrected chi connectivity index (χ0v) is 8.55. The highest BCUT2D eigenvalue weighted by molar-refractivity contribution is 5.33. The van der Waals surface area contributed by atoms with Crippen LogP contribution in [0.5, 0.6) is 0 Å². The van der Waals surface area contributed by atoms with E-state index in [9.17, 15) is 4.39 Å². The molecule has 1 atom stereocenters. The van der Waals surface area contributed by atoms with Crippen LogP contribution in [0.3, 0.4) is 0 Å². The molecule has 0 bridgehead atoms. The van der Waals surface area contributed by atoms with Gasteiger partial charge in [-0.1, -0.05) is 13.8 Å².